The highest BCUT2D eigenvalue weighted by Crippen LogP contribution is 2.00. The van der Waals surface area contributed by atoms with Gasteiger partial charge in [-0.05, 0) is 6.42 Å². The second-order valence-corrected chi connectivity index (χ2v) is 3.43. The van der Waals surface area contributed by atoms with Crippen LogP contribution < -0.4 is 17.0 Å². The molecule has 3 heteroatoms. The fraction of sp³-hybridized carbons (Fsp3) is 0.700. The maximum atomic E-state index is 3.35. The van der Waals surface area contributed by atoms with E-state index in [1.807, 2.05) is 0 Å². The van der Waals surface area contributed by atoms with E-state index in [0.29, 0.717) is 0 Å². The lowest BCUT2D eigenvalue weighted by molar-refractivity contribution is -0.707. The van der Waals surface area contributed by atoms with Gasteiger partial charge in [0.05, 0.1) is 6.54 Å². The van der Waals surface area contributed by atoms with Gasteiger partial charge in [-0.2, -0.15) is 0 Å². The van der Waals surface area contributed by atoms with Crippen LogP contribution in [0, 0.1) is 20.8 Å². The van der Waals surface area contributed by atoms with E-state index in [0.717, 1.165) is 6.54 Å². The lowest BCUT2D eigenvalue weighted by atomic mass is 10.3. The molecule has 2 nitrogen and oxygen atoms in total. The largest absolute Gasteiger partial charge is 1.00 e. The van der Waals surface area contributed by atoms with E-state index in [4.69, 9.17) is 0 Å². The molecule has 0 fully saturated rings. The Morgan fingerprint density at radius 1 is 1.23 bits per heavy atom. The van der Waals surface area contributed by atoms with E-state index in [1.165, 1.54) is 30.1 Å². The van der Waals surface area contributed by atoms with Crippen LogP contribution >= 0.6 is 0 Å². The number of hydrogen-bond acceptors (Lipinski definition) is 0. The van der Waals surface area contributed by atoms with Gasteiger partial charge in [-0.3, -0.25) is 0 Å². The number of H-pyrrole nitrogens is 1. The molecule has 0 amide bonds. The zero-order valence-corrected chi connectivity index (χ0v) is 9.70. The molecular weight excluding hydrogens is 184 g/mol. The lowest BCUT2D eigenvalue weighted by Crippen LogP contribution is -3.00. The number of halogens is 1. The van der Waals surface area contributed by atoms with Crippen molar-refractivity contribution in [1.82, 2.24) is 4.98 Å². The molecule has 76 valence electrons. The summed E-state index contributed by atoms with van der Waals surface area (Å²) in [6.07, 6.45) is 2.53. The summed E-state index contributed by atoms with van der Waals surface area (Å²) < 4.78 is 2.36. The number of unbranched alkanes of at least 4 members (excludes halogenated alkanes) is 1. The third kappa shape index (κ3) is 2.73. The minimum atomic E-state index is 0. The molecular formula is C10H19ClN2. The van der Waals surface area contributed by atoms with Crippen molar-refractivity contribution in [2.45, 2.75) is 47.1 Å². The first-order chi connectivity index (χ1) is 5.66. The van der Waals surface area contributed by atoms with Crippen LogP contribution in [0.25, 0.3) is 0 Å². The van der Waals surface area contributed by atoms with Crippen molar-refractivity contribution in [2.24, 2.45) is 0 Å². The first-order valence-corrected chi connectivity index (χ1v) is 4.72. The van der Waals surface area contributed by atoms with E-state index in [9.17, 15) is 0 Å². The number of aromatic nitrogens is 2. The van der Waals surface area contributed by atoms with Crippen LogP contribution in [0.5, 0.6) is 0 Å². The molecule has 0 atom stereocenters. The van der Waals surface area contributed by atoms with Gasteiger partial charge in [0, 0.05) is 20.8 Å². The number of hydrogen-bond donors (Lipinski definition) is 1. The van der Waals surface area contributed by atoms with E-state index < -0.39 is 0 Å². The Hall–Kier alpha value is -0.500. The summed E-state index contributed by atoms with van der Waals surface area (Å²) in [6, 6.07) is 0. The average molecular weight is 203 g/mol. The number of nitrogens with zero attached hydrogens (tertiary/aromatic N) is 1. The van der Waals surface area contributed by atoms with Crippen LogP contribution in [-0.4, -0.2) is 4.98 Å². The standard InChI is InChI=1S/C10H18N2.ClH/c1-5-6-7-12-9(3)8(2)11-10(12)4;/h5-7H2,1-4H3;1H. The van der Waals surface area contributed by atoms with Crippen molar-refractivity contribution in [3.63, 3.8) is 0 Å². The van der Waals surface area contributed by atoms with Crippen LogP contribution in [-0.2, 0) is 6.54 Å². The van der Waals surface area contributed by atoms with Gasteiger partial charge in [0.15, 0.2) is 0 Å². The second kappa shape index (κ2) is 5.28. The molecule has 1 aromatic rings. The fourth-order valence-corrected chi connectivity index (χ4v) is 1.53. The number of aromatic amines is 1. The van der Waals surface area contributed by atoms with Gasteiger partial charge in [-0.15, -0.1) is 0 Å². The normalized spacial score (nSPS) is 9.85. The van der Waals surface area contributed by atoms with E-state index in [-0.39, 0.29) is 12.4 Å². The van der Waals surface area contributed by atoms with E-state index >= 15 is 0 Å². The Kier molecular flexibility index (Phi) is 5.07. The third-order valence-electron chi connectivity index (χ3n) is 2.46. The van der Waals surface area contributed by atoms with Crippen LogP contribution in [0.1, 0.15) is 37.0 Å². The van der Waals surface area contributed by atoms with Gasteiger partial charge in [-0.1, -0.05) is 13.3 Å². The van der Waals surface area contributed by atoms with Crippen molar-refractivity contribution < 1.29 is 17.0 Å². The Labute approximate surface area is 86.8 Å². The minimum Gasteiger partial charge on any atom is -1.00 e. The predicted octanol–water partition coefficient (Wildman–Crippen LogP) is -0.968. The number of imidazole rings is 1. The van der Waals surface area contributed by atoms with Crippen molar-refractivity contribution in [2.75, 3.05) is 0 Å². The lowest BCUT2D eigenvalue weighted by Gasteiger charge is -1.98. The average Bonchev–Trinajstić information content (AvgIpc) is 2.25. The highest BCUT2D eigenvalue weighted by molar-refractivity contribution is 5.02. The van der Waals surface area contributed by atoms with Crippen molar-refractivity contribution in [3.05, 3.63) is 17.2 Å². The molecule has 1 N–H and O–H groups in total. The van der Waals surface area contributed by atoms with Gasteiger partial charge in [0.2, 0.25) is 0 Å². The van der Waals surface area contributed by atoms with Crippen LogP contribution in [0.3, 0.4) is 0 Å². The molecule has 0 saturated carbocycles. The Balaban J connectivity index is 0.00000144. The van der Waals surface area contributed by atoms with Gasteiger partial charge in [0.1, 0.15) is 11.4 Å². The van der Waals surface area contributed by atoms with Gasteiger partial charge in [0.25, 0.3) is 5.82 Å². The molecule has 0 radical (unpaired) electrons. The maximum absolute atomic E-state index is 3.35. The maximum Gasteiger partial charge on any atom is 0.251 e. The molecule has 1 heterocycles. The number of nitrogens with one attached hydrogen (secondary N) is 1. The predicted molar refractivity (Wildman–Crippen MR) is 50.1 cm³/mol. The Bertz CT molecular complexity index is 266. The summed E-state index contributed by atoms with van der Waals surface area (Å²) in [7, 11) is 0. The van der Waals surface area contributed by atoms with Crippen molar-refractivity contribution in [3.8, 4) is 0 Å². The third-order valence-corrected chi connectivity index (χ3v) is 2.46. The van der Waals surface area contributed by atoms with Gasteiger partial charge < -0.3 is 12.4 Å². The van der Waals surface area contributed by atoms with Crippen molar-refractivity contribution >= 4 is 0 Å². The monoisotopic (exact) mass is 202 g/mol. The van der Waals surface area contributed by atoms with E-state index in [1.54, 1.807) is 0 Å². The van der Waals surface area contributed by atoms with Crippen LogP contribution in [0.15, 0.2) is 0 Å². The Morgan fingerprint density at radius 3 is 2.23 bits per heavy atom. The summed E-state index contributed by atoms with van der Waals surface area (Å²) in [5.74, 6) is 1.28. The molecule has 0 bridgehead atoms. The molecule has 0 spiro atoms. The second-order valence-electron chi connectivity index (χ2n) is 3.43. The fourth-order valence-electron chi connectivity index (χ4n) is 1.53. The molecule has 0 unspecified atom stereocenters. The summed E-state index contributed by atoms with van der Waals surface area (Å²) in [4.78, 5) is 3.35. The molecule has 0 saturated heterocycles. The van der Waals surface area contributed by atoms with Crippen LogP contribution in [0.2, 0.25) is 0 Å². The molecule has 1 rings (SSSR count). The number of rotatable bonds is 3. The SMILES string of the molecule is CCCC[n+]1c(C)[nH]c(C)c1C.[Cl-]. The molecule has 0 aliphatic carbocycles. The summed E-state index contributed by atoms with van der Waals surface area (Å²) in [5, 5.41) is 0. The molecule has 0 aliphatic rings. The first-order valence-electron chi connectivity index (χ1n) is 4.72. The first kappa shape index (κ1) is 12.5. The van der Waals surface area contributed by atoms with Gasteiger partial charge >= 0.3 is 0 Å². The zero-order chi connectivity index (χ0) is 9.14. The quantitative estimate of drug-likeness (QED) is 0.609. The highest BCUT2D eigenvalue weighted by atomic mass is 35.5. The summed E-state index contributed by atoms with van der Waals surface area (Å²) in [5.41, 5.74) is 2.67. The summed E-state index contributed by atoms with van der Waals surface area (Å²) >= 11 is 0. The smallest absolute Gasteiger partial charge is 0.251 e. The molecule has 13 heavy (non-hydrogen) atoms. The van der Waals surface area contributed by atoms with Crippen LogP contribution in [0.4, 0.5) is 0 Å². The van der Waals surface area contributed by atoms with Crippen molar-refractivity contribution in [1.29, 1.82) is 0 Å². The van der Waals surface area contributed by atoms with Gasteiger partial charge in [-0.25, -0.2) is 9.55 Å². The summed E-state index contributed by atoms with van der Waals surface area (Å²) in [6.45, 7) is 9.82. The number of aryl methyl sites for hydroxylation is 2. The molecule has 1 aromatic heterocycles. The zero-order valence-electron chi connectivity index (χ0n) is 8.95. The topological polar surface area (TPSA) is 19.7 Å². The Morgan fingerprint density at radius 2 is 1.85 bits per heavy atom. The minimum absolute atomic E-state index is 0. The molecule has 0 aliphatic heterocycles. The highest BCUT2D eigenvalue weighted by Gasteiger charge is 2.13. The van der Waals surface area contributed by atoms with E-state index in [2.05, 4.69) is 37.2 Å². The molecule has 0 aromatic carbocycles.